The number of amides is 2. The minimum atomic E-state index is -0.565. The maximum atomic E-state index is 13.4. The summed E-state index contributed by atoms with van der Waals surface area (Å²) in [4.78, 5) is 28.0. The highest BCUT2D eigenvalue weighted by molar-refractivity contribution is 6.31. The molecule has 0 aliphatic carbocycles. The molecular formula is C25H31ClN2O4. The maximum absolute atomic E-state index is 13.4. The number of halogens is 1. The summed E-state index contributed by atoms with van der Waals surface area (Å²) >= 11 is 6.37. The molecule has 2 atom stereocenters. The van der Waals surface area contributed by atoms with Gasteiger partial charge in [0.25, 0.3) is 0 Å². The van der Waals surface area contributed by atoms with E-state index in [0.717, 1.165) is 17.5 Å². The molecule has 0 saturated heterocycles. The van der Waals surface area contributed by atoms with E-state index < -0.39 is 6.04 Å². The molecule has 0 spiro atoms. The van der Waals surface area contributed by atoms with Crippen LogP contribution in [0, 0.1) is 0 Å². The Morgan fingerprint density at radius 2 is 1.84 bits per heavy atom. The van der Waals surface area contributed by atoms with Gasteiger partial charge in [-0.25, -0.2) is 0 Å². The molecule has 1 heterocycles. The Morgan fingerprint density at radius 3 is 2.56 bits per heavy atom. The number of nitrogens with zero attached hydrogens (tertiary/aromatic N) is 1. The molecule has 0 unspecified atom stereocenters. The van der Waals surface area contributed by atoms with Gasteiger partial charge < -0.3 is 19.7 Å². The second-order valence-corrected chi connectivity index (χ2v) is 8.45. The van der Waals surface area contributed by atoms with Crippen molar-refractivity contribution in [3.63, 3.8) is 0 Å². The zero-order valence-electron chi connectivity index (χ0n) is 18.9. The number of ether oxygens (including phenoxy) is 2. The molecule has 1 aliphatic rings. The first-order valence-corrected chi connectivity index (χ1v) is 11.5. The first kappa shape index (κ1) is 23.9. The summed E-state index contributed by atoms with van der Waals surface area (Å²) in [6.45, 7) is 6.40. The largest absolute Gasteiger partial charge is 0.454 e. The lowest BCUT2D eigenvalue weighted by Crippen LogP contribution is -2.50. The van der Waals surface area contributed by atoms with Crippen molar-refractivity contribution in [1.29, 1.82) is 0 Å². The first-order valence-electron chi connectivity index (χ1n) is 11.1. The van der Waals surface area contributed by atoms with Crippen molar-refractivity contribution in [2.45, 2.75) is 65.1 Å². The maximum Gasteiger partial charge on any atom is 0.243 e. The molecule has 6 nitrogen and oxygen atoms in total. The van der Waals surface area contributed by atoms with Crippen LogP contribution in [0.3, 0.4) is 0 Å². The number of rotatable bonds is 10. The number of benzene rings is 2. The van der Waals surface area contributed by atoms with Gasteiger partial charge in [-0.05, 0) is 55.5 Å². The molecule has 1 aliphatic heterocycles. The van der Waals surface area contributed by atoms with Gasteiger partial charge in [-0.2, -0.15) is 0 Å². The first-order chi connectivity index (χ1) is 15.4. The summed E-state index contributed by atoms with van der Waals surface area (Å²) in [6, 6.07) is 12.6. The van der Waals surface area contributed by atoms with Crippen molar-refractivity contribution in [2.75, 3.05) is 6.79 Å². The Bertz CT molecular complexity index is 949. The van der Waals surface area contributed by atoms with Crippen LogP contribution in [0.4, 0.5) is 0 Å². The lowest BCUT2D eigenvalue weighted by Gasteiger charge is -2.31. The lowest BCUT2D eigenvalue weighted by molar-refractivity contribution is -0.141. The van der Waals surface area contributed by atoms with Crippen LogP contribution in [0.25, 0.3) is 0 Å². The zero-order chi connectivity index (χ0) is 23.1. The number of nitrogens with one attached hydrogen (secondary N) is 1. The molecule has 2 aromatic carbocycles. The number of fused-ring (bicyclic) bond motifs is 1. The molecule has 3 rings (SSSR count). The normalized spacial score (nSPS) is 14.0. The van der Waals surface area contributed by atoms with Gasteiger partial charge >= 0.3 is 0 Å². The van der Waals surface area contributed by atoms with Crippen LogP contribution in [-0.4, -0.2) is 35.6 Å². The minimum Gasteiger partial charge on any atom is -0.454 e. The zero-order valence-corrected chi connectivity index (χ0v) is 19.7. The van der Waals surface area contributed by atoms with Crippen molar-refractivity contribution >= 4 is 23.4 Å². The van der Waals surface area contributed by atoms with Gasteiger partial charge in [-0.1, -0.05) is 49.7 Å². The second kappa shape index (κ2) is 11.2. The number of carbonyl (C=O) groups excluding carboxylic acids is 2. The SMILES string of the molecule is CC[C@H](C)NC(=O)[C@H](CC)N(Cc1ccccc1Cl)C(=O)CCc1ccc2c(c1)OCO2. The third kappa shape index (κ3) is 5.94. The summed E-state index contributed by atoms with van der Waals surface area (Å²) in [6.07, 6.45) is 2.16. The van der Waals surface area contributed by atoms with E-state index in [-0.39, 0.29) is 37.6 Å². The molecule has 7 heteroatoms. The summed E-state index contributed by atoms with van der Waals surface area (Å²) < 4.78 is 10.8. The highest BCUT2D eigenvalue weighted by atomic mass is 35.5. The third-order valence-corrected chi connectivity index (χ3v) is 6.12. The van der Waals surface area contributed by atoms with E-state index in [4.69, 9.17) is 21.1 Å². The summed E-state index contributed by atoms with van der Waals surface area (Å²) in [7, 11) is 0. The van der Waals surface area contributed by atoms with E-state index in [0.29, 0.717) is 29.4 Å². The number of carbonyl (C=O) groups is 2. The van der Waals surface area contributed by atoms with Crippen molar-refractivity contribution < 1.29 is 19.1 Å². The van der Waals surface area contributed by atoms with Gasteiger partial charge in [0.2, 0.25) is 18.6 Å². The fraction of sp³-hybridized carbons (Fsp3) is 0.440. The fourth-order valence-corrected chi connectivity index (χ4v) is 3.86. The van der Waals surface area contributed by atoms with Gasteiger partial charge in [0.1, 0.15) is 6.04 Å². The topological polar surface area (TPSA) is 67.9 Å². The molecule has 0 bridgehead atoms. The van der Waals surface area contributed by atoms with E-state index >= 15 is 0 Å². The molecule has 0 radical (unpaired) electrons. The lowest BCUT2D eigenvalue weighted by atomic mass is 10.1. The molecule has 32 heavy (non-hydrogen) atoms. The van der Waals surface area contributed by atoms with Crippen LogP contribution in [-0.2, 0) is 22.6 Å². The average molecular weight is 459 g/mol. The van der Waals surface area contributed by atoms with E-state index in [1.807, 2.05) is 57.2 Å². The summed E-state index contributed by atoms with van der Waals surface area (Å²) in [5.41, 5.74) is 1.80. The Kier molecular flexibility index (Phi) is 8.39. The van der Waals surface area contributed by atoms with Crippen molar-refractivity contribution in [3.05, 3.63) is 58.6 Å². The van der Waals surface area contributed by atoms with Gasteiger partial charge in [-0.15, -0.1) is 0 Å². The van der Waals surface area contributed by atoms with E-state index in [1.165, 1.54) is 0 Å². The average Bonchev–Trinajstić information content (AvgIpc) is 3.26. The monoisotopic (exact) mass is 458 g/mol. The van der Waals surface area contributed by atoms with Crippen LogP contribution >= 0.6 is 11.6 Å². The molecule has 2 aromatic rings. The summed E-state index contributed by atoms with van der Waals surface area (Å²) in [5, 5.41) is 3.60. The van der Waals surface area contributed by atoms with Crippen LogP contribution in [0.1, 0.15) is 51.2 Å². The Balaban J connectivity index is 1.77. The highest BCUT2D eigenvalue weighted by Crippen LogP contribution is 2.33. The van der Waals surface area contributed by atoms with Crippen molar-refractivity contribution in [3.8, 4) is 11.5 Å². The smallest absolute Gasteiger partial charge is 0.243 e. The van der Waals surface area contributed by atoms with Gasteiger partial charge in [0.15, 0.2) is 11.5 Å². The quantitative estimate of drug-likeness (QED) is 0.559. The van der Waals surface area contributed by atoms with Crippen LogP contribution < -0.4 is 14.8 Å². The Hall–Kier alpha value is -2.73. The second-order valence-electron chi connectivity index (χ2n) is 8.04. The fourth-order valence-electron chi connectivity index (χ4n) is 3.66. The molecular weight excluding hydrogens is 428 g/mol. The molecule has 0 aromatic heterocycles. The van der Waals surface area contributed by atoms with Gasteiger partial charge in [-0.3, -0.25) is 9.59 Å². The Morgan fingerprint density at radius 1 is 1.09 bits per heavy atom. The van der Waals surface area contributed by atoms with Crippen molar-refractivity contribution in [2.24, 2.45) is 0 Å². The van der Waals surface area contributed by atoms with Gasteiger partial charge in [0, 0.05) is 24.0 Å². The van der Waals surface area contributed by atoms with Crippen molar-refractivity contribution in [1.82, 2.24) is 10.2 Å². The van der Waals surface area contributed by atoms with Crippen LogP contribution in [0.2, 0.25) is 5.02 Å². The minimum absolute atomic E-state index is 0.0439. The summed E-state index contributed by atoms with van der Waals surface area (Å²) in [5.74, 6) is 1.19. The molecule has 0 saturated carbocycles. The van der Waals surface area contributed by atoms with E-state index in [2.05, 4.69) is 5.32 Å². The standard InChI is InChI=1S/C25H31ClN2O4/c1-4-17(3)27-25(30)21(5-2)28(15-19-8-6-7-9-20(19)26)24(29)13-11-18-10-12-22-23(14-18)32-16-31-22/h6-10,12,14,17,21H,4-5,11,13,15-16H2,1-3H3,(H,27,30)/t17-,21-/m0/s1. The van der Waals surface area contributed by atoms with E-state index in [1.54, 1.807) is 11.0 Å². The van der Waals surface area contributed by atoms with Crippen LogP contribution in [0.15, 0.2) is 42.5 Å². The van der Waals surface area contributed by atoms with E-state index in [9.17, 15) is 9.59 Å². The third-order valence-electron chi connectivity index (χ3n) is 5.75. The molecule has 2 amide bonds. The predicted octanol–water partition coefficient (Wildman–Crippen LogP) is 4.72. The Labute approximate surface area is 194 Å². The van der Waals surface area contributed by atoms with Crippen LogP contribution in [0.5, 0.6) is 11.5 Å². The number of hydrogen-bond acceptors (Lipinski definition) is 4. The van der Waals surface area contributed by atoms with Gasteiger partial charge in [0.05, 0.1) is 0 Å². The predicted molar refractivity (Wildman–Crippen MR) is 125 cm³/mol. The molecule has 1 N–H and O–H groups in total. The number of hydrogen-bond donors (Lipinski definition) is 1. The number of aryl methyl sites for hydroxylation is 1. The molecule has 172 valence electrons. The molecule has 0 fully saturated rings. The highest BCUT2D eigenvalue weighted by Gasteiger charge is 2.29.